The molecule has 7 heteroatoms. The molecule has 0 saturated carbocycles. The van der Waals surface area contributed by atoms with Crippen molar-refractivity contribution in [3.63, 3.8) is 0 Å². The Kier molecular flexibility index (Phi) is 10.5. The Balaban J connectivity index is 0.00000364. The highest BCUT2D eigenvalue weighted by molar-refractivity contribution is 14.0. The third kappa shape index (κ3) is 7.62. The molecule has 1 unspecified atom stereocenters. The van der Waals surface area contributed by atoms with Crippen molar-refractivity contribution in [2.45, 2.75) is 33.2 Å². The van der Waals surface area contributed by atoms with Gasteiger partial charge in [-0.05, 0) is 38.8 Å². The first-order chi connectivity index (χ1) is 12.6. The summed E-state index contributed by atoms with van der Waals surface area (Å²) in [4.78, 5) is 16.5. The summed E-state index contributed by atoms with van der Waals surface area (Å²) < 4.78 is 5.18. The SMILES string of the molecule is CCNC(=NCCCNC(=O)c1occc1C)NC(C)c1ccccc1.I. The molecule has 0 saturated heterocycles. The molecule has 1 aromatic carbocycles. The zero-order chi connectivity index (χ0) is 18.8. The van der Waals surface area contributed by atoms with Gasteiger partial charge in [-0.2, -0.15) is 0 Å². The van der Waals surface area contributed by atoms with Crippen LogP contribution in [0.2, 0.25) is 0 Å². The van der Waals surface area contributed by atoms with Crippen molar-refractivity contribution in [1.82, 2.24) is 16.0 Å². The molecule has 2 aromatic rings. The molecular formula is C20H29IN4O2. The van der Waals surface area contributed by atoms with Gasteiger partial charge in [-0.3, -0.25) is 9.79 Å². The number of rotatable bonds is 8. The number of halogens is 1. The van der Waals surface area contributed by atoms with E-state index in [-0.39, 0.29) is 35.9 Å². The lowest BCUT2D eigenvalue weighted by atomic mass is 10.1. The van der Waals surface area contributed by atoms with E-state index in [0.717, 1.165) is 24.5 Å². The smallest absolute Gasteiger partial charge is 0.287 e. The Morgan fingerprint density at radius 1 is 1.19 bits per heavy atom. The van der Waals surface area contributed by atoms with Crippen LogP contribution in [0.15, 0.2) is 52.1 Å². The third-order valence-corrected chi connectivity index (χ3v) is 3.96. The molecule has 0 fully saturated rings. The van der Waals surface area contributed by atoms with Crippen molar-refractivity contribution in [2.24, 2.45) is 4.99 Å². The van der Waals surface area contributed by atoms with E-state index in [1.165, 1.54) is 11.8 Å². The van der Waals surface area contributed by atoms with Crippen LogP contribution >= 0.6 is 24.0 Å². The van der Waals surface area contributed by atoms with Gasteiger partial charge in [0.05, 0.1) is 12.3 Å². The normalized spacial score (nSPS) is 12.0. The number of benzene rings is 1. The third-order valence-electron chi connectivity index (χ3n) is 3.96. The maximum atomic E-state index is 12.0. The van der Waals surface area contributed by atoms with Crippen molar-refractivity contribution < 1.29 is 9.21 Å². The molecule has 6 nitrogen and oxygen atoms in total. The predicted molar refractivity (Wildman–Crippen MR) is 120 cm³/mol. The molecule has 1 atom stereocenters. The van der Waals surface area contributed by atoms with E-state index in [9.17, 15) is 4.79 Å². The van der Waals surface area contributed by atoms with Gasteiger partial charge in [0.2, 0.25) is 0 Å². The van der Waals surface area contributed by atoms with Crippen LogP contribution in [-0.4, -0.2) is 31.5 Å². The summed E-state index contributed by atoms with van der Waals surface area (Å²) in [6.07, 6.45) is 2.28. The monoisotopic (exact) mass is 484 g/mol. The molecule has 2 rings (SSSR count). The highest BCUT2D eigenvalue weighted by Gasteiger charge is 2.11. The van der Waals surface area contributed by atoms with E-state index in [2.05, 4.69) is 40.0 Å². The summed E-state index contributed by atoms with van der Waals surface area (Å²) in [5.41, 5.74) is 2.05. The number of guanidine groups is 1. The molecule has 27 heavy (non-hydrogen) atoms. The molecule has 1 heterocycles. The minimum atomic E-state index is -0.181. The second kappa shape index (κ2) is 12.4. The largest absolute Gasteiger partial charge is 0.459 e. The van der Waals surface area contributed by atoms with Crippen LogP contribution in [0.5, 0.6) is 0 Å². The summed E-state index contributed by atoms with van der Waals surface area (Å²) in [6.45, 7) is 7.96. The lowest BCUT2D eigenvalue weighted by Crippen LogP contribution is -2.39. The maximum Gasteiger partial charge on any atom is 0.287 e. The van der Waals surface area contributed by atoms with Crippen LogP contribution in [0, 0.1) is 6.92 Å². The number of hydrogen-bond acceptors (Lipinski definition) is 3. The summed E-state index contributed by atoms with van der Waals surface area (Å²) in [5.74, 6) is 0.969. The molecule has 1 aromatic heterocycles. The quantitative estimate of drug-likeness (QED) is 0.232. The minimum absolute atomic E-state index is 0. The molecule has 148 valence electrons. The van der Waals surface area contributed by atoms with Crippen LogP contribution in [0.1, 0.15) is 48.0 Å². The number of carbonyl (C=O) groups is 1. The Morgan fingerprint density at radius 3 is 2.56 bits per heavy atom. The van der Waals surface area contributed by atoms with Crippen molar-refractivity contribution >= 4 is 35.8 Å². The molecule has 0 spiro atoms. The van der Waals surface area contributed by atoms with E-state index in [1.54, 1.807) is 6.07 Å². The fourth-order valence-corrected chi connectivity index (χ4v) is 2.51. The van der Waals surface area contributed by atoms with Gasteiger partial charge in [-0.1, -0.05) is 30.3 Å². The molecule has 1 amide bonds. The number of furan rings is 1. The van der Waals surface area contributed by atoms with Gasteiger partial charge in [-0.25, -0.2) is 0 Å². The lowest BCUT2D eigenvalue weighted by molar-refractivity contribution is 0.0925. The van der Waals surface area contributed by atoms with Crippen molar-refractivity contribution in [1.29, 1.82) is 0 Å². The molecular weight excluding hydrogens is 455 g/mol. The van der Waals surface area contributed by atoms with Crippen molar-refractivity contribution in [3.05, 3.63) is 59.5 Å². The Morgan fingerprint density at radius 2 is 1.93 bits per heavy atom. The highest BCUT2D eigenvalue weighted by atomic mass is 127. The first-order valence-electron chi connectivity index (χ1n) is 9.04. The molecule has 0 aliphatic rings. The van der Waals surface area contributed by atoms with E-state index in [0.29, 0.717) is 18.8 Å². The topological polar surface area (TPSA) is 78.7 Å². The summed E-state index contributed by atoms with van der Waals surface area (Å²) >= 11 is 0. The predicted octanol–water partition coefficient (Wildman–Crippen LogP) is 3.64. The summed E-state index contributed by atoms with van der Waals surface area (Å²) in [6, 6.07) is 12.2. The average molecular weight is 484 g/mol. The number of aliphatic imine (C=N–C) groups is 1. The summed E-state index contributed by atoms with van der Waals surface area (Å²) in [5, 5.41) is 9.51. The fraction of sp³-hybridized carbons (Fsp3) is 0.400. The molecule has 0 bridgehead atoms. The molecule has 0 aliphatic carbocycles. The van der Waals surface area contributed by atoms with Crippen LogP contribution in [0.25, 0.3) is 0 Å². The van der Waals surface area contributed by atoms with Crippen LogP contribution in [-0.2, 0) is 0 Å². The first-order valence-corrected chi connectivity index (χ1v) is 9.04. The second-order valence-electron chi connectivity index (χ2n) is 6.08. The van der Waals surface area contributed by atoms with E-state index in [1.807, 2.05) is 32.0 Å². The number of nitrogens with zero attached hydrogens (tertiary/aromatic N) is 1. The van der Waals surface area contributed by atoms with Crippen LogP contribution in [0.3, 0.4) is 0 Å². The molecule has 3 N–H and O–H groups in total. The number of amides is 1. The van der Waals surface area contributed by atoms with Gasteiger partial charge in [0.15, 0.2) is 11.7 Å². The van der Waals surface area contributed by atoms with E-state index < -0.39 is 0 Å². The van der Waals surface area contributed by atoms with Gasteiger partial charge in [0.1, 0.15) is 0 Å². The number of carbonyl (C=O) groups excluding carboxylic acids is 1. The minimum Gasteiger partial charge on any atom is -0.459 e. The van der Waals surface area contributed by atoms with E-state index in [4.69, 9.17) is 4.42 Å². The van der Waals surface area contributed by atoms with Crippen LogP contribution in [0.4, 0.5) is 0 Å². The maximum absolute atomic E-state index is 12.0. The average Bonchev–Trinajstić information content (AvgIpc) is 3.08. The Bertz CT molecular complexity index is 716. The molecule has 0 aliphatic heterocycles. The van der Waals surface area contributed by atoms with Crippen LogP contribution < -0.4 is 16.0 Å². The number of nitrogens with one attached hydrogen (secondary N) is 3. The van der Waals surface area contributed by atoms with Gasteiger partial charge in [-0.15, -0.1) is 24.0 Å². The van der Waals surface area contributed by atoms with Gasteiger partial charge >= 0.3 is 0 Å². The second-order valence-corrected chi connectivity index (χ2v) is 6.08. The number of hydrogen-bond donors (Lipinski definition) is 3. The lowest BCUT2D eigenvalue weighted by Gasteiger charge is -2.18. The van der Waals surface area contributed by atoms with E-state index >= 15 is 0 Å². The summed E-state index contributed by atoms with van der Waals surface area (Å²) in [7, 11) is 0. The molecule has 0 radical (unpaired) electrons. The van der Waals surface area contributed by atoms with Crippen molar-refractivity contribution in [2.75, 3.05) is 19.6 Å². The van der Waals surface area contributed by atoms with Gasteiger partial charge < -0.3 is 20.4 Å². The Labute approximate surface area is 178 Å². The fourth-order valence-electron chi connectivity index (χ4n) is 2.51. The zero-order valence-electron chi connectivity index (χ0n) is 16.1. The van der Waals surface area contributed by atoms with Gasteiger partial charge in [0.25, 0.3) is 5.91 Å². The highest BCUT2D eigenvalue weighted by Crippen LogP contribution is 2.10. The Hall–Kier alpha value is -2.03. The zero-order valence-corrected chi connectivity index (χ0v) is 18.4. The standard InChI is InChI=1S/C20H28N4O2.HI/c1-4-21-20(24-16(3)17-9-6-5-7-10-17)23-13-8-12-22-19(25)18-15(2)11-14-26-18;/h5-7,9-11,14,16H,4,8,12-13H2,1-3H3,(H,22,25)(H2,21,23,24);1H. The number of aryl methyl sites for hydroxylation is 1. The van der Waals surface area contributed by atoms with Crippen molar-refractivity contribution in [3.8, 4) is 0 Å². The first kappa shape index (κ1) is 23.0. The van der Waals surface area contributed by atoms with Gasteiger partial charge in [0, 0.05) is 25.2 Å².